The fraction of sp³-hybridized carbons (Fsp3) is 0.625. The Morgan fingerprint density at radius 1 is 0.706 bits per heavy atom. The number of hydrogen-bond acceptors (Lipinski definition) is 0. The minimum Gasteiger partial charge on any atom is -0.127 e. The zero-order chi connectivity index (χ0) is 12.6. The van der Waals surface area contributed by atoms with Crippen LogP contribution in [0, 0.1) is 0 Å². The summed E-state index contributed by atoms with van der Waals surface area (Å²) >= 11 is 5.58. The van der Waals surface area contributed by atoms with Crippen LogP contribution >= 0.6 is 11.6 Å². The zero-order valence-corrected chi connectivity index (χ0v) is 12.0. The number of halogens is 1. The van der Waals surface area contributed by atoms with E-state index in [2.05, 4.69) is 43.4 Å². The second kappa shape index (κ2) is 15.5. The van der Waals surface area contributed by atoms with E-state index in [1.54, 1.807) is 0 Å². The molecule has 0 aromatic rings. The van der Waals surface area contributed by atoms with E-state index in [1.165, 1.54) is 25.7 Å². The fourth-order valence-corrected chi connectivity index (χ4v) is 1.64. The van der Waals surface area contributed by atoms with E-state index in [9.17, 15) is 0 Å². The van der Waals surface area contributed by atoms with Gasteiger partial charge in [-0.25, -0.2) is 0 Å². The van der Waals surface area contributed by atoms with Gasteiger partial charge in [0.05, 0.1) is 0 Å². The third kappa shape index (κ3) is 15.5. The molecule has 0 aliphatic rings. The Balaban J connectivity index is 3.26. The van der Waals surface area contributed by atoms with Gasteiger partial charge in [-0.1, -0.05) is 56.2 Å². The molecule has 0 atom stereocenters. The largest absolute Gasteiger partial charge is 0.127 e. The van der Waals surface area contributed by atoms with Gasteiger partial charge in [-0.2, -0.15) is 0 Å². The predicted molar refractivity (Wildman–Crippen MR) is 80.8 cm³/mol. The lowest BCUT2D eigenvalue weighted by Crippen LogP contribution is -1.71. The molecule has 0 aromatic carbocycles. The van der Waals surface area contributed by atoms with Gasteiger partial charge >= 0.3 is 0 Å². The van der Waals surface area contributed by atoms with Crippen LogP contribution in [0.2, 0.25) is 0 Å². The molecule has 0 aromatic heterocycles. The molecular formula is C16H27Cl. The van der Waals surface area contributed by atoms with Crippen LogP contribution in [0.25, 0.3) is 0 Å². The molecule has 0 bridgehead atoms. The molecule has 0 saturated heterocycles. The highest BCUT2D eigenvalue weighted by molar-refractivity contribution is 6.17. The van der Waals surface area contributed by atoms with Crippen LogP contribution in [0.1, 0.15) is 58.3 Å². The predicted octanol–water partition coefficient (Wildman–Crippen LogP) is 6.03. The molecule has 0 radical (unpaired) electrons. The molecule has 98 valence electrons. The van der Waals surface area contributed by atoms with Crippen molar-refractivity contribution in [3.8, 4) is 0 Å². The van der Waals surface area contributed by atoms with E-state index in [1.807, 2.05) is 0 Å². The molecule has 0 unspecified atom stereocenters. The minimum absolute atomic E-state index is 0.761. The molecule has 0 fully saturated rings. The normalized spacial score (nSPS) is 12.4. The first kappa shape index (κ1) is 16.5. The fourth-order valence-electron chi connectivity index (χ4n) is 1.48. The molecule has 0 nitrogen and oxygen atoms in total. The van der Waals surface area contributed by atoms with E-state index < -0.39 is 0 Å². The summed E-state index contributed by atoms with van der Waals surface area (Å²) in [5, 5.41) is 0. The Hall–Kier alpha value is -0.490. The van der Waals surface area contributed by atoms with Crippen molar-refractivity contribution in [2.45, 2.75) is 58.3 Å². The Morgan fingerprint density at radius 3 is 2.00 bits per heavy atom. The third-order valence-electron chi connectivity index (χ3n) is 2.53. The summed E-state index contributed by atoms with van der Waals surface area (Å²) in [5.74, 6) is 0.761. The summed E-state index contributed by atoms with van der Waals surface area (Å²) in [4.78, 5) is 0. The molecule has 1 heteroatoms. The highest BCUT2D eigenvalue weighted by atomic mass is 35.5. The molecule has 17 heavy (non-hydrogen) atoms. The monoisotopic (exact) mass is 254 g/mol. The lowest BCUT2D eigenvalue weighted by atomic mass is 10.2. The molecule has 0 N–H and O–H groups in total. The maximum atomic E-state index is 5.58. The number of allylic oxidation sites excluding steroid dienone is 6. The maximum Gasteiger partial charge on any atom is 0.0226 e. The van der Waals surface area contributed by atoms with Gasteiger partial charge in [0.15, 0.2) is 0 Å². The summed E-state index contributed by atoms with van der Waals surface area (Å²) in [6.45, 7) is 2.25. The standard InChI is InChI=1S/C16H27Cl/c1-2-3-4-5-6-7-8-9-10-11-12-13-14-15-16-17/h6-7,10-13H,2-5,8-9,14-16H2,1H3/b7-6?,11-10+,13-12-. The van der Waals surface area contributed by atoms with Gasteiger partial charge in [-0.05, 0) is 38.5 Å². The Bertz CT molecular complexity index is 214. The van der Waals surface area contributed by atoms with E-state index in [0.29, 0.717) is 0 Å². The van der Waals surface area contributed by atoms with Crippen molar-refractivity contribution in [2.24, 2.45) is 0 Å². The average molecular weight is 255 g/mol. The van der Waals surface area contributed by atoms with Crippen molar-refractivity contribution in [1.29, 1.82) is 0 Å². The van der Waals surface area contributed by atoms with Gasteiger partial charge in [0.25, 0.3) is 0 Å². The van der Waals surface area contributed by atoms with Gasteiger partial charge < -0.3 is 0 Å². The molecule has 0 aliphatic heterocycles. The van der Waals surface area contributed by atoms with Crippen molar-refractivity contribution in [3.05, 3.63) is 36.5 Å². The van der Waals surface area contributed by atoms with Gasteiger partial charge in [0.1, 0.15) is 0 Å². The smallest absolute Gasteiger partial charge is 0.0226 e. The minimum atomic E-state index is 0.761. The highest BCUT2D eigenvalue weighted by Crippen LogP contribution is 2.01. The summed E-state index contributed by atoms with van der Waals surface area (Å²) in [5.41, 5.74) is 0. The first-order valence-corrected chi connectivity index (χ1v) is 7.48. The molecule has 0 rings (SSSR count). The van der Waals surface area contributed by atoms with Gasteiger partial charge in [0, 0.05) is 5.88 Å². The van der Waals surface area contributed by atoms with Crippen LogP contribution in [-0.4, -0.2) is 5.88 Å². The first-order chi connectivity index (χ1) is 8.41. The molecule has 0 amide bonds. The zero-order valence-electron chi connectivity index (χ0n) is 11.2. The summed E-state index contributed by atoms with van der Waals surface area (Å²) in [7, 11) is 0. The molecule has 0 heterocycles. The SMILES string of the molecule is CCCCCC=CCC/C=C/C=C\CCCCl. The van der Waals surface area contributed by atoms with Crippen molar-refractivity contribution < 1.29 is 0 Å². The Morgan fingerprint density at radius 2 is 1.29 bits per heavy atom. The Kier molecular flexibility index (Phi) is 15.1. The lowest BCUT2D eigenvalue weighted by molar-refractivity contribution is 0.728. The summed E-state index contributed by atoms with van der Waals surface area (Å²) in [6, 6.07) is 0. The highest BCUT2D eigenvalue weighted by Gasteiger charge is 1.81. The molecule has 0 spiro atoms. The molecule has 0 saturated carbocycles. The van der Waals surface area contributed by atoms with Gasteiger partial charge in [-0.15, -0.1) is 11.6 Å². The molecule has 0 aliphatic carbocycles. The Labute approximate surface area is 112 Å². The average Bonchev–Trinajstić information content (AvgIpc) is 2.35. The lowest BCUT2D eigenvalue weighted by Gasteiger charge is -1.91. The number of hydrogen-bond donors (Lipinski definition) is 0. The van der Waals surface area contributed by atoms with Gasteiger partial charge in [-0.3, -0.25) is 0 Å². The van der Waals surface area contributed by atoms with Crippen molar-refractivity contribution in [1.82, 2.24) is 0 Å². The summed E-state index contributed by atoms with van der Waals surface area (Å²) < 4.78 is 0. The van der Waals surface area contributed by atoms with Crippen LogP contribution in [0.5, 0.6) is 0 Å². The number of alkyl halides is 1. The van der Waals surface area contributed by atoms with Crippen LogP contribution in [0.4, 0.5) is 0 Å². The first-order valence-electron chi connectivity index (χ1n) is 6.94. The van der Waals surface area contributed by atoms with Crippen LogP contribution in [0.3, 0.4) is 0 Å². The van der Waals surface area contributed by atoms with Crippen LogP contribution in [0.15, 0.2) is 36.5 Å². The molecular weight excluding hydrogens is 228 g/mol. The van der Waals surface area contributed by atoms with E-state index >= 15 is 0 Å². The quantitative estimate of drug-likeness (QED) is 0.183. The van der Waals surface area contributed by atoms with Crippen molar-refractivity contribution in [2.75, 3.05) is 5.88 Å². The second-order valence-electron chi connectivity index (χ2n) is 4.23. The van der Waals surface area contributed by atoms with E-state index in [4.69, 9.17) is 11.6 Å². The second-order valence-corrected chi connectivity index (χ2v) is 4.61. The van der Waals surface area contributed by atoms with Crippen molar-refractivity contribution >= 4 is 11.6 Å². The topological polar surface area (TPSA) is 0 Å². The summed E-state index contributed by atoms with van der Waals surface area (Å²) in [6.07, 6.45) is 23.0. The van der Waals surface area contributed by atoms with Crippen molar-refractivity contribution in [3.63, 3.8) is 0 Å². The van der Waals surface area contributed by atoms with Crippen LogP contribution in [-0.2, 0) is 0 Å². The number of rotatable bonds is 11. The maximum absolute atomic E-state index is 5.58. The third-order valence-corrected chi connectivity index (χ3v) is 2.80. The van der Waals surface area contributed by atoms with E-state index in [0.717, 1.165) is 31.6 Å². The van der Waals surface area contributed by atoms with Crippen LogP contribution < -0.4 is 0 Å². The number of unbranched alkanes of at least 4 members (excludes halogenated alkanes) is 5. The van der Waals surface area contributed by atoms with E-state index in [-0.39, 0.29) is 0 Å². The van der Waals surface area contributed by atoms with Gasteiger partial charge in [0.2, 0.25) is 0 Å².